The van der Waals surface area contributed by atoms with E-state index in [9.17, 15) is 0 Å². The van der Waals surface area contributed by atoms with Crippen molar-refractivity contribution in [3.63, 3.8) is 0 Å². The van der Waals surface area contributed by atoms with Gasteiger partial charge in [-0.15, -0.1) is 0 Å². The van der Waals surface area contributed by atoms with E-state index in [1.54, 1.807) is 0 Å². The predicted molar refractivity (Wildman–Crippen MR) is 39.9 cm³/mol. The summed E-state index contributed by atoms with van der Waals surface area (Å²) >= 11 is 0. The first kappa shape index (κ1) is 23.3. The van der Waals surface area contributed by atoms with E-state index in [0.717, 1.165) is 0 Å². The molecule has 0 aliphatic rings. The maximum absolute atomic E-state index is 8.74. The molecule has 0 aromatic carbocycles. The number of hydrogen-bond donors (Lipinski definition) is 4. The summed E-state index contributed by atoms with van der Waals surface area (Å²) in [7, 11) is -9.33. The summed E-state index contributed by atoms with van der Waals surface area (Å²) in [6.07, 6.45) is 0. The molecular weight excluding hydrogens is 242 g/mol. The van der Waals surface area contributed by atoms with Crippen LogP contribution in [0.1, 0.15) is 0 Å². The van der Waals surface area contributed by atoms with Crippen molar-refractivity contribution in [3.8, 4) is 0 Å². The van der Waals surface area contributed by atoms with Gasteiger partial charge in [0.2, 0.25) is 0 Å². The van der Waals surface area contributed by atoms with Crippen LogP contribution in [0.3, 0.4) is 0 Å². The van der Waals surface area contributed by atoms with E-state index in [1.165, 1.54) is 0 Å². The third kappa shape index (κ3) is 735. The van der Waals surface area contributed by atoms with Crippen LogP contribution in [0.25, 0.3) is 0 Å². The average Bonchev–Trinajstić information content (AvgIpc) is 1.12. The second-order valence-electron chi connectivity index (χ2n) is 0.896. The Balaban J connectivity index is -0.0000000457. The Bertz CT molecular complexity index is 213. The van der Waals surface area contributed by atoms with Crippen molar-refractivity contribution >= 4 is 67.7 Å². The minimum Gasteiger partial charge on any atom is -0.264 e. The van der Waals surface area contributed by atoms with E-state index < -0.39 is 20.8 Å². The Morgan fingerprint density at radius 3 is 0.667 bits per heavy atom. The van der Waals surface area contributed by atoms with Crippen LogP contribution in [0.15, 0.2) is 0 Å². The minimum atomic E-state index is -4.67. The molecule has 12 heteroatoms. The van der Waals surface area contributed by atoms with Crippen LogP contribution in [0.2, 0.25) is 0 Å². The van der Waals surface area contributed by atoms with Crippen LogP contribution in [0, 0.1) is 0 Å². The quantitative estimate of drug-likeness (QED) is 0.281. The zero-order chi connectivity index (χ0) is 9.00. The second-order valence-corrected chi connectivity index (χ2v) is 2.69. The van der Waals surface area contributed by atoms with Gasteiger partial charge in [-0.05, 0) is 0 Å². The molecule has 0 rings (SSSR count). The molecule has 0 aliphatic heterocycles. The van der Waals surface area contributed by atoms with Gasteiger partial charge in [0.15, 0.2) is 0 Å². The van der Waals surface area contributed by atoms with Gasteiger partial charge in [-0.1, -0.05) is 0 Å². The molecule has 68 valence electrons. The van der Waals surface area contributed by atoms with Gasteiger partial charge in [-0.3, -0.25) is 18.2 Å². The molecule has 0 aromatic rings. The van der Waals surface area contributed by atoms with Crippen molar-refractivity contribution in [1.29, 1.82) is 0 Å². The molecule has 0 fully saturated rings. The van der Waals surface area contributed by atoms with Gasteiger partial charge in [0, 0.05) is 46.9 Å². The van der Waals surface area contributed by atoms with Gasteiger partial charge in [-0.2, -0.15) is 16.8 Å². The molecular formula is H4AlNaO8S2. The smallest absolute Gasteiger partial charge is 0.264 e. The normalized spacial score (nSPS) is 9.67. The predicted octanol–water partition coefficient (Wildman–Crippen LogP) is -2.07. The number of hydrogen-bond acceptors (Lipinski definition) is 4. The topological polar surface area (TPSA) is 149 Å². The van der Waals surface area contributed by atoms with Crippen molar-refractivity contribution in [1.82, 2.24) is 0 Å². The number of rotatable bonds is 0. The van der Waals surface area contributed by atoms with Crippen molar-refractivity contribution < 1.29 is 35.0 Å². The van der Waals surface area contributed by atoms with Gasteiger partial charge in [0.1, 0.15) is 0 Å². The van der Waals surface area contributed by atoms with Gasteiger partial charge in [-0.25, -0.2) is 0 Å². The maximum Gasteiger partial charge on any atom is 0.394 e. The maximum atomic E-state index is 8.74. The van der Waals surface area contributed by atoms with Crippen LogP contribution < -0.4 is 0 Å². The molecule has 4 radical (unpaired) electrons. The van der Waals surface area contributed by atoms with Crippen molar-refractivity contribution in [2.24, 2.45) is 0 Å². The zero-order valence-electron chi connectivity index (χ0n) is 5.82. The molecule has 0 saturated carbocycles. The Morgan fingerprint density at radius 1 is 0.667 bits per heavy atom. The van der Waals surface area contributed by atoms with E-state index >= 15 is 0 Å². The van der Waals surface area contributed by atoms with Crippen LogP contribution in [0.4, 0.5) is 0 Å². The molecule has 0 spiro atoms. The summed E-state index contributed by atoms with van der Waals surface area (Å²) in [5.41, 5.74) is 0. The van der Waals surface area contributed by atoms with E-state index in [1.807, 2.05) is 0 Å². The first-order valence-corrected chi connectivity index (χ1v) is 4.19. The molecule has 0 unspecified atom stereocenters. The molecule has 0 amide bonds. The van der Waals surface area contributed by atoms with Crippen LogP contribution in [0.5, 0.6) is 0 Å². The van der Waals surface area contributed by atoms with Crippen LogP contribution >= 0.6 is 0 Å². The Hall–Kier alpha value is 1.27. The standard InChI is InChI=1S/Al.Na.2H2O4S/c;;2*1-5(2,3)4/h;;2*(H2,1,2,3,4). The summed E-state index contributed by atoms with van der Waals surface area (Å²) in [5, 5.41) is 0. The molecule has 0 aliphatic carbocycles. The first-order chi connectivity index (χ1) is 4.00. The monoisotopic (exact) mass is 246 g/mol. The Kier molecular flexibility index (Phi) is 17.2. The largest absolute Gasteiger partial charge is 0.394 e. The van der Waals surface area contributed by atoms with Crippen molar-refractivity contribution in [2.75, 3.05) is 0 Å². The second kappa shape index (κ2) is 8.85. The molecule has 0 saturated heterocycles. The van der Waals surface area contributed by atoms with Crippen LogP contribution in [-0.2, 0) is 20.8 Å². The summed E-state index contributed by atoms with van der Waals surface area (Å²) in [6, 6.07) is 0. The summed E-state index contributed by atoms with van der Waals surface area (Å²) < 4.78 is 63.2. The van der Waals surface area contributed by atoms with Gasteiger partial charge in [0.05, 0.1) is 0 Å². The van der Waals surface area contributed by atoms with E-state index in [-0.39, 0.29) is 46.9 Å². The molecule has 0 heterocycles. The minimum absolute atomic E-state index is 0. The van der Waals surface area contributed by atoms with Gasteiger partial charge < -0.3 is 0 Å². The summed E-state index contributed by atoms with van der Waals surface area (Å²) in [4.78, 5) is 0. The van der Waals surface area contributed by atoms with E-state index in [4.69, 9.17) is 35.0 Å². The van der Waals surface area contributed by atoms with Gasteiger partial charge >= 0.3 is 20.8 Å². The molecule has 12 heavy (non-hydrogen) atoms. The molecule has 0 atom stereocenters. The SMILES string of the molecule is O=S(=O)(O)O.O=S(=O)(O)O.[Al].[Na]. The fourth-order valence-electron chi connectivity index (χ4n) is 0. The molecule has 8 nitrogen and oxygen atoms in total. The Morgan fingerprint density at radius 2 is 0.667 bits per heavy atom. The third-order valence-electron chi connectivity index (χ3n) is 0. The molecule has 0 bridgehead atoms. The van der Waals surface area contributed by atoms with E-state index in [2.05, 4.69) is 0 Å². The van der Waals surface area contributed by atoms with Gasteiger partial charge in [0.25, 0.3) is 0 Å². The fourth-order valence-corrected chi connectivity index (χ4v) is 0. The van der Waals surface area contributed by atoms with E-state index in [0.29, 0.717) is 0 Å². The average molecular weight is 246 g/mol. The summed E-state index contributed by atoms with van der Waals surface area (Å²) in [6.45, 7) is 0. The van der Waals surface area contributed by atoms with Crippen molar-refractivity contribution in [3.05, 3.63) is 0 Å². The molecule has 0 aromatic heterocycles. The first-order valence-electron chi connectivity index (χ1n) is 1.40. The molecule has 4 N–H and O–H groups in total. The third-order valence-corrected chi connectivity index (χ3v) is 0. The zero-order valence-corrected chi connectivity index (χ0v) is 10.6. The van der Waals surface area contributed by atoms with Crippen molar-refractivity contribution in [2.45, 2.75) is 0 Å². The fraction of sp³-hybridized carbons (Fsp3) is 0. The summed E-state index contributed by atoms with van der Waals surface area (Å²) in [5.74, 6) is 0. The Labute approximate surface area is 102 Å². The van der Waals surface area contributed by atoms with Crippen LogP contribution in [-0.4, -0.2) is 82.0 Å².